The molecule has 0 spiro atoms. The van der Waals surface area contributed by atoms with Gasteiger partial charge in [0.25, 0.3) is 0 Å². The van der Waals surface area contributed by atoms with E-state index >= 15 is 0 Å². The van der Waals surface area contributed by atoms with Crippen LogP contribution in [-0.4, -0.2) is 29.9 Å². The molecule has 1 aromatic rings. The average molecular weight is 347 g/mol. The zero-order valence-corrected chi connectivity index (χ0v) is 14.2. The molecular weight excluding hydrogens is 328 g/mol. The minimum absolute atomic E-state index is 0.0566. The fraction of sp³-hybridized carbons (Fsp3) is 0.474. The van der Waals surface area contributed by atoms with Crippen molar-refractivity contribution in [1.29, 1.82) is 0 Å². The third kappa shape index (κ3) is 2.94. The molecule has 3 rings (SSSR count). The Hall–Kier alpha value is -1.83. The van der Waals surface area contributed by atoms with Crippen LogP contribution >= 0.6 is 11.6 Å². The van der Waals surface area contributed by atoms with E-state index in [9.17, 15) is 9.59 Å². The van der Waals surface area contributed by atoms with E-state index < -0.39 is 5.92 Å². The van der Waals surface area contributed by atoms with Gasteiger partial charge in [0.05, 0.1) is 6.61 Å². The molecule has 0 aromatic heterocycles. The number of ketones is 2. The molecule has 1 N–H and O–H groups in total. The van der Waals surface area contributed by atoms with Crippen LogP contribution in [0.2, 0.25) is 5.02 Å². The van der Waals surface area contributed by atoms with Crippen LogP contribution < -0.4 is 4.74 Å². The predicted octanol–water partition coefficient (Wildman–Crippen LogP) is 2.73. The Morgan fingerprint density at radius 2 is 1.92 bits per heavy atom. The summed E-state index contributed by atoms with van der Waals surface area (Å²) in [5, 5.41) is 9.36. The summed E-state index contributed by atoms with van der Waals surface area (Å²) < 4.78 is 5.59. The summed E-state index contributed by atoms with van der Waals surface area (Å²) in [6.07, 6.45) is 2.21. The van der Waals surface area contributed by atoms with Crippen molar-refractivity contribution >= 4 is 23.2 Å². The van der Waals surface area contributed by atoms with Crippen molar-refractivity contribution in [3.63, 3.8) is 0 Å². The molecular formula is C19H19ClO4. The van der Waals surface area contributed by atoms with Gasteiger partial charge in [0.2, 0.25) is 0 Å². The first kappa shape index (κ1) is 17.0. The summed E-state index contributed by atoms with van der Waals surface area (Å²) in [7, 11) is 0. The Kier molecular flexibility index (Phi) is 4.93. The van der Waals surface area contributed by atoms with Crippen LogP contribution in [-0.2, 0) is 9.59 Å². The fourth-order valence-electron chi connectivity index (χ4n) is 3.76. The molecule has 0 amide bonds. The van der Waals surface area contributed by atoms with Gasteiger partial charge in [-0.2, -0.15) is 0 Å². The highest BCUT2D eigenvalue weighted by Gasteiger charge is 2.48. The number of aliphatic hydroxyl groups is 1. The smallest absolute Gasteiger partial charge is 0.151 e. The number of hydrogen-bond donors (Lipinski definition) is 1. The van der Waals surface area contributed by atoms with Gasteiger partial charge in [-0.15, -0.1) is 5.92 Å². The van der Waals surface area contributed by atoms with Gasteiger partial charge in [0.1, 0.15) is 18.3 Å². The first-order chi connectivity index (χ1) is 11.6. The maximum absolute atomic E-state index is 12.8. The second kappa shape index (κ2) is 6.96. The van der Waals surface area contributed by atoms with Gasteiger partial charge in [-0.3, -0.25) is 9.59 Å². The lowest BCUT2D eigenvalue weighted by atomic mass is 9.75. The van der Waals surface area contributed by atoms with E-state index in [0.29, 0.717) is 28.3 Å². The van der Waals surface area contributed by atoms with E-state index in [1.54, 1.807) is 19.1 Å². The summed E-state index contributed by atoms with van der Waals surface area (Å²) in [6.45, 7) is 1.61. The van der Waals surface area contributed by atoms with E-state index in [1.165, 1.54) is 0 Å². The second-order valence-corrected chi connectivity index (χ2v) is 6.67. The van der Waals surface area contributed by atoms with Gasteiger partial charge < -0.3 is 9.84 Å². The highest BCUT2D eigenvalue weighted by Crippen LogP contribution is 2.47. The molecule has 126 valence electrons. The van der Waals surface area contributed by atoms with E-state index in [-0.39, 0.29) is 36.6 Å². The molecule has 4 nitrogen and oxygen atoms in total. The van der Waals surface area contributed by atoms with Gasteiger partial charge in [0, 0.05) is 28.0 Å². The minimum Gasteiger partial charge on any atom is -0.491 e. The molecule has 0 saturated heterocycles. The first-order valence-electron chi connectivity index (χ1n) is 8.14. The number of aliphatic hydroxyl groups excluding tert-OH is 1. The second-order valence-electron chi connectivity index (χ2n) is 6.26. The largest absolute Gasteiger partial charge is 0.491 e. The number of benzene rings is 1. The summed E-state index contributed by atoms with van der Waals surface area (Å²) in [5.74, 6) is 4.96. The molecule has 2 aliphatic rings. The number of hydrogen-bond acceptors (Lipinski definition) is 4. The number of fused-ring (bicyclic) bond motifs is 2. The number of halogens is 1. The van der Waals surface area contributed by atoms with Crippen LogP contribution in [0.1, 0.15) is 43.2 Å². The SMILES string of the molecule is CC#Cc1cc(Cl)c(C2C(=O)C3CCC(C3)C2=O)c(OCCO)c1. The van der Waals surface area contributed by atoms with Crippen LogP contribution in [0, 0.1) is 23.7 Å². The lowest BCUT2D eigenvalue weighted by Crippen LogP contribution is -2.35. The van der Waals surface area contributed by atoms with Gasteiger partial charge in [-0.25, -0.2) is 0 Å². The van der Waals surface area contributed by atoms with Gasteiger partial charge in [-0.1, -0.05) is 17.5 Å². The molecule has 2 bridgehead atoms. The maximum Gasteiger partial charge on any atom is 0.151 e. The number of Topliss-reactive ketones (excluding diaryl/α,β-unsaturated/α-hetero) is 2. The van der Waals surface area contributed by atoms with Crippen LogP contribution in [0.5, 0.6) is 5.75 Å². The molecule has 2 unspecified atom stereocenters. The Morgan fingerprint density at radius 3 is 2.50 bits per heavy atom. The molecule has 2 aliphatic carbocycles. The van der Waals surface area contributed by atoms with Crippen LogP contribution in [0.15, 0.2) is 12.1 Å². The Labute approximate surface area is 146 Å². The third-order valence-electron chi connectivity index (χ3n) is 4.80. The van der Waals surface area contributed by atoms with Crippen molar-refractivity contribution in [1.82, 2.24) is 0 Å². The number of carbonyl (C=O) groups excluding carboxylic acids is 2. The van der Waals surface area contributed by atoms with Crippen molar-refractivity contribution in [2.75, 3.05) is 13.2 Å². The zero-order valence-electron chi connectivity index (χ0n) is 13.5. The van der Waals surface area contributed by atoms with E-state index in [2.05, 4.69) is 11.8 Å². The van der Waals surface area contributed by atoms with E-state index in [4.69, 9.17) is 21.4 Å². The summed E-state index contributed by atoms with van der Waals surface area (Å²) >= 11 is 6.41. The minimum atomic E-state index is -0.860. The number of ether oxygens (including phenoxy) is 1. The quantitative estimate of drug-likeness (QED) is 0.672. The van der Waals surface area contributed by atoms with Crippen molar-refractivity contribution in [2.45, 2.75) is 32.1 Å². The van der Waals surface area contributed by atoms with Crippen molar-refractivity contribution in [3.8, 4) is 17.6 Å². The topological polar surface area (TPSA) is 63.6 Å². The highest BCUT2D eigenvalue weighted by atomic mass is 35.5. The van der Waals surface area contributed by atoms with E-state index in [1.807, 2.05) is 0 Å². The standard InChI is InChI=1S/C19H19ClO4/c1-2-3-11-8-14(20)16(15(9-11)24-7-6-21)17-18(22)12-4-5-13(10-12)19(17)23/h8-9,12-13,17,21H,4-7,10H2,1H3. The zero-order chi connectivity index (χ0) is 17.3. The monoisotopic (exact) mass is 346 g/mol. The molecule has 0 aliphatic heterocycles. The van der Waals surface area contributed by atoms with Gasteiger partial charge in [0.15, 0.2) is 11.6 Å². The molecule has 0 radical (unpaired) electrons. The predicted molar refractivity (Wildman–Crippen MR) is 90.2 cm³/mol. The summed E-state index contributed by atoms with van der Waals surface area (Å²) in [4.78, 5) is 25.5. The molecule has 5 heteroatoms. The maximum atomic E-state index is 12.8. The fourth-order valence-corrected chi connectivity index (χ4v) is 4.08. The third-order valence-corrected chi connectivity index (χ3v) is 5.12. The Bertz CT molecular complexity index is 722. The van der Waals surface area contributed by atoms with E-state index in [0.717, 1.165) is 12.8 Å². The van der Waals surface area contributed by atoms with Crippen LogP contribution in [0.25, 0.3) is 0 Å². The van der Waals surface area contributed by atoms with Crippen LogP contribution in [0.3, 0.4) is 0 Å². The Morgan fingerprint density at radius 1 is 1.25 bits per heavy atom. The van der Waals surface area contributed by atoms with Gasteiger partial charge in [-0.05, 0) is 38.3 Å². The Balaban J connectivity index is 2.09. The van der Waals surface area contributed by atoms with Crippen molar-refractivity contribution < 1.29 is 19.4 Å². The molecule has 2 atom stereocenters. The van der Waals surface area contributed by atoms with Crippen LogP contribution in [0.4, 0.5) is 0 Å². The molecule has 2 fully saturated rings. The molecule has 2 saturated carbocycles. The molecule has 0 heterocycles. The first-order valence-corrected chi connectivity index (χ1v) is 8.52. The normalized spacial score (nSPS) is 25.4. The summed E-state index contributed by atoms with van der Waals surface area (Å²) in [5.41, 5.74) is 1.08. The highest BCUT2D eigenvalue weighted by molar-refractivity contribution is 6.33. The number of carbonyl (C=O) groups is 2. The molecule has 24 heavy (non-hydrogen) atoms. The lowest BCUT2D eigenvalue weighted by molar-refractivity contribution is -0.136. The number of rotatable bonds is 4. The average Bonchev–Trinajstić information content (AvgIpc) is 3.00. The van der Waals surface area contributed by atoms with Crippen molar-refractivity contribution in [2.24, 2.45) is 11.8 Å². The van der Waals surface area contributed by atoms with Gasteiger partial charge >= 0.3 is 0 Å². The molecule has 1 aromatic carbocycles. The summed E-state index contributed by atoms with van der Waals surface area (Å²) in [6, 6.07) is 3.35. The van der Waals surface area contributed by atoms with Crippen molar-refractivity contribution in [3.05, 3.63) is 28.3 Å². The lowest BCUT2D eigenvalue weighted by Gasteiger charge is -2.27.